The van der Waals surface area contributed by atoms with E-state index >= 15 is 0 Å². The highest BCUT2D eigenvalue weighted by Gasteiger charge is 2.54. The number of nitrogens with zero attached hydrogens (tertiary/aromatic N) is 7. The average Bonchev–Trinajstić information content (AvgIpc) is 3.37. The van der Waals surface area contributed by atoms with Crippen LogP contribution in [0.1, 0.15) is 5.69 Å². The van der Waals surface area contributed by atoms with Crippen LogP contribution in [-0.4, -0.2) is 86.8 Å². The van der Waals surface area contributed by atoms with Crippen molar-refractivity contribution in [3.63, 3.8) is 0 Å². The van der Waals surface area contributed by atoms with Gasteiger partial charge >= 0.3 is 5.97 Å². The van der Waals surface area contributed by atoms with Crippen LogP contribution in [0.4, 0.5) is 5.13 Å². The Kier molecular flexibility index (Phi) is 7.60. The number of oxime groups is 1. The van der Waals surface area contributed by atoms with Crippen molar-refractivity contribution in [3.05, 3.63) is 22.3 Å². The van der Waals surface area contributed by atoms with Gasteiger partial charge in [0.15, 0.2) is 10.8 Å². The topological polar surface area (TPSA) is 202 Å². The molecule has 1 saturated heterocycles. The Hall–Kier alpha value is -2.70. The van der Waals surface area contributed by atoms with Gasteiger partial charge in [0.05, 0.1) is 0 Å². The molecular weight excluding hydrogens is 562 g/mol. The molecule has 33 heavy (non-hydrogen) atoms. The van der Waals surface area contributed by atoms with Crippen molar-refractivity contribution in [1.82, 2.24) is 35.4 Å². The Balaban J connectivity index is 0.00000306. The number of thiazole rings is 1. The van der Waals surface area contributed by atoms with Crippen LogP contribution in [0.5, 0.6) is 0 Å². The van der Waals surface area contributed by atoms with Gasteiger partial charge in [-0.2, -0.15) is 0 Å². The number of fused-ring (bicyclic) bond motifs is 1. The summed E-state index contributed by atoms with van der Waals surface area (Å²) in [5.41, 5.74) is 5.64. The van der Waals surface area contributed by atoms with E-state index in [1.165, 1.54) is 33.6 Å². The van der Waals surface area contributed by atoms with Crippen LogP contribution in [0, 0.1) is 0 Å². The summed E-state index contributed by atoms with van der Waals surface area (Å²) in [7, 11) is 1.66. The van der Waals surface area contributed by atoms with Crippen LogP contribution in [0.2, 0.25) is 0 Å². The first-order valence-corrected chi connectivity index (χ1v) is 11.7. The summed E-state index contributed by atoms with van der Waals surface area (Å²) >= 11 is 3.63. The number of carboxylic acids is 1. The van der Waals surface area contributed by atoms with Crippen molar-refractivity contribution < 1.29 is 24.7 Å². The van der Waals surface area contributed by atoms with Gasteiger partial charge in [-0.3, -0.25) is 14.5 Å². The predicted octanol–water partition coefficient (Wildman–Crippen LogP) is -0.464. The summed E-state index contributed by atoms with van der Waals surface area (Å²) in [4.78, 5) is 42.3. The maximum absolute atomic E-state index is 12.8. The van der Waals surface area contributed by atoms with Gasteiger partial charge < -0.3 is 21.4 Å². The first kappa shape index (κ1) is 24.9. The molecule has 1 fully saturated rings. The average molecular weight is 578 g/mol. The maximum atomic E-state index is 12.8. The van der Waals surface area contributed by atoms with Crippen molar-refractivity contribution >= 4 is 80.5 Å². The van der Waals surface area contributed by atoms with Gasteiger partial charge in [-0.05, 0) is 16.0 Å². The Morgan fingerprint density at radius 1 is 1.45 bits per heavy atom. The van der Waals surface area contributed by atoms with Gasteiger partial charge in [-0.15, -0.1) is 45.2 Å². The first-order chi connectivity index (χ1) is 15.3. The van der Waals surface area contributed by atoms with Gasteiger partial charge in [0.2, 0.25) is 5.16 Å². The van der Waals surface area contributed by atoms with E-state index in [1.54, 1.807) is 7.05 Å². The van der Waals surface area contributed by atoms with Gasteiger partial charge in [-0.1, -0.05) is 16.9 Å². The number of nitrogens with one attached hydrogen (secondary N) is 1. The van der Waals surface area contributed by atoms with Crippen LogP contribution in [0.15, 0.2) is 27.0 Å². The number of anilines is 1. The molecule has 14 nitrogen and oxygen atoms in total. The zero-order valence-corrected chi connectivity index (χ0v) is 20.8. The third-order valence-corrected chi connectivity index (χ3v) is 7.68. The molecule has 0 bridgehead atoms. The third kappa shape index (κ3) is 4.68. The molecule has 18 heteroatoms. The molecule has 1 unspecified atom stereocenters. The summed E-state index contributed by atoms with van der Waals surface area (Å²) in [6, 6.07) is -0.980. The van der Waals surface area contributed by atoms with E-state index in [2.05, 4.69) is 31.0 Å². The number of rotatable bonds is 7. The standard InChI is InChI=1S/C15H15N9O5S3.BrH/c1-23-15(19-21-22-23)32-3-5-2-30-12-8(11(26)24(12)9(5)13(27)28)18-10(25)7(20-29)6-4-31-14(16)17-6;/h4,8,12,29H,2-3H2,1H3,(H2,16,17)(H,18,25)(H,27,28);1H/b20-7-;/t8?,12-;/m1./s1. The number of thioether (sulfide) groups is 2. The van der Waals surface area contributed by atoms with Gasteiger partial charge in [-0.25, -0.2) is 14.5 Å². The zero-order chi connectivity index (χ0) is 23.0. The molecule has 0 spiro atoms. The van der Waals surface area contributed by atoms with E-state index in [-0.39, 0.29) is 39.3 Å². The number of hydrogen-bond donors (Lipinski definition) is 4. The van der Waals surface area contributed by atoms with E-state index in [1.807, 2.05) is 0 Å². The van der Waals surface area contributed by atoms with Gasteiger partial charge in [0, 0.05) is 23.9 Å². The quantitative estimate of drug-likeness (QED) is 0.108. The number of carbonyl (C=O) groups excluding carboxylic acids is 2. The smallest absolute Gasteiger partial charge is 0.352 e. The van der Waals surface area contributed by atoms with Crippen molar-refractivity contribution in [2.24, 2.45) is 12.2 Å². The second kappa shape index (κ2) is 10.1. The molecule has 4 rings (SSSR count). The van der Waals surface area contributed by atoms with Crippen LogP contribution < -0.4 is 11.1 Å². The van der Waals surface area contributed by atoms with Crippen molar-refractivity contribution in [1.29, 1.82) is 0 Å². The highest BCUT2D eigenvalue weighted by molar-refractivity contribution is 8.93. The lowest BCUT2D eigenvalue weighted by atomic mass is 10.0. The molecule has 2 aromatic heterocycles. The summed E-state index contributed by atoms with van der Waals surface area (Å²) < 4.78 is 1.46. The van der Waals surface area contributed by atoms with E-state index < -0.39 is 34.9 Å². The monoisotopic (exact) mass is 577 g/mol. The fourth-order valence-electron chi connectivity index (χ4n) is 3.11. The number of hydrogen-bond acceptors (Lipinski definition) is 13. The van der Waals surface area contributed by atoms with E-state index in [0.29, 0.717) is 16.5 Å². The molecule has 2 amide bonds. The number of aryl methyl sites for hydroxylation is 1. The number of β-lactam (4-membered cyclic amide) rings is 1. The molecule has 0 aromatic carbocycles. The van der Waals surface area contributed by atoms with Crippen molar-refractivity contribution in [2.75, 3.05) is 17.2 Å². The number of carbonyl (C=O) groups is 3. The third-order valence-electron chi connectivity index (χ3n) is 4.57. The minimum absolute atomic E-state index is 0. The SMILES string of the molecule is Br.Cn1nnnc1SCC1=C(C(=O)O)N2C(=O)C(NC(=O)/C(=N\O)c3csc(N)n3)[C@H]2SC1. The number of carboxylic acid groups (broad SMARTS) is 1. The molecule has 5 N–H and O–H groups in total. The molecule has 2 atom stereocenters. The largest absolute Gasteiger partial charge is 0.477 e. The number of aromatic nitrogens is 5. The fourth-order valence-corrected chi connectivity index (χ4v) is 5.99. The molecule has 4 heterocycles. The van der Waals surface area contributed by atoms with Crippen molar-refractivity contribution in [2.45, 2.75) is 16.6 Å². The Morgan fingerprint density at radius 2 is 2.21 bits per heavy atom. The first-order valence-electron chi connectivity index (χ1n) is 8.81. The van der Waals surface area contributed by atoms with Gasteiger partial charge in [0.25, 0.3) is 11.8 Å². The minimum Gasteiger partial charge on any atom is -0.477 e. The number of aliphatic carboxylic acids is 1. The Bertz CT molecular complexity index is 1170. The highest BCUT2D eigenvalue weighted by atomic mass is 79.9. The highest BCUT2D eigenvalue weighted by Crippen LogP contribution is 2.41. The van der Waals surface area contributed by atoms with E-state index in [0.717, 1.165) is 16.2 Å². The lowest BCUT2D eigenvalue weighted by Gasteiger charge is -2.49. The second-order valence-corrected chi connectivity index (χ2v) is 9.45. The molecule has 0 radical (unpaired) electrons. The zero-order valence-electron chi connectivity index (χ0n) is 16.6. The molecule has 0 aliphatic carbocycles. The summed E-state index contributed by atoms with van der Waals surface area (Å²) in [6.45, 7) is 0. The number of tetrazole rings is 1. The molecule has 176 valence electrons. The number of nitrogen functional groups attached to an aromatic ring is 1. The number of nitrogens with two attached hydrogens (primary N) is 1. The summed E-state index contributed by atoms with van der Waals surface area (Å²) in [6.07, 6.45) is 0. The lowest BCUT2D eigenvalue weighted by Crippen LogP contribution is -2.71. The molecular formula is C15H16BrN9O5S3. The molecule has 2 aliphatic heterocycles. The van der Waals surface area contributed by atoms with Gasteiger partial charge in [0.1, 0.15) is 22.8 Å². The number of amides is 2. The van der Waals surface area contributed by atoms with E-state index in [4.69, 9.17) is 5.73 Å². The Labute approximate surface area is 208 Å². The maximum Gasteiger partial charge on any atom is 0.352 e. The molecule has 2 aromatic rings. The molecule has 0 saturated carbocycles. The van der Waals surface area contributed by atoms with E-state index in [9.17, 15) is 24.7 Å². The van der Waals surface area contributed by atoms with Crippen LogP contribution in [0.3, 0.4) is 0 Å². The molecule has 2 aliphatic rings. The second-order valence-electron chi connectivity index (χ2n) is 6.51. The van der Waals surface area contributed by atoms with Crippen molar-refractivity contribution in [3.8, 4) is 0 Å². The van der Waals surface area contributed by atoms with Crippen LogP contribution >= 0.6 is 51.8 Å². The Morgan fingerprint density at radius 3 is 2.79 bits per heavy atom. The van der Waals surface area contributed by atoms with Crippen LogP contribution in [0.25, 0.3) is 0 Å². The summed E-state index contributed by atoms with van der Waals surface area (Å²) in [5.74, 6) is -2.03. The minimum atomic E-state index is -1.24. The normalized spacial score (nSPS) is 20.1. The summed E-state index contributed by atoms with van der Waals surface area (Å²) in [5, 5.41) is 37.0. The van der Waals surface area contributed by atoms with Crippen LogP contribution in [-0.2, 0) is 21.4 Å². The predicted molar refractivity (Wildman–Crippen MR) is 124 cm³/mol. The lowest BCUT2D eigenvalue weighted by molar-refractivity contribution is -0.150. The number of halogens is 1. The fraction of sp³-hybridized carbons (Fsp3) is 0.333.